The molecule has 1 N–H and O–H groups in total. The topological polar surface area (TPSA) is 63.6 Å². The summed E-state index contributed by atoms with van der Waals surface area (Å²) in [6, 6.07) is 0. The second-order valence-electron chi connectivity index (χ2n) is 8.54. The smallest absolute Gasteiger partial charge is 0.309 e. The summed E-state index contributed by atoms with van der Waals surface area (Å²) in [5.74, 6) is -1.81. The van der Waals surface area contributed by atoms with E-state index >= 15 is 0 Å². The minimum absolute atomic E-state index is 0.134. The lowest BCUT2D eigenvalue weighted by atomic mass is 9.98. The normalized spacial score (nSPS) is 12.3. The third-order valence-corrected chi connectivity index (χ3v) is 5.52. The van der Waals surface area contributed by atoms with Crippen molar-refractivity contribution in [1.29, 1.82) is 0 Å². The molecule has 30 heavy (non-hydrogen) atoms. The molecule has 1 unspecified atom stereocenters. The fraction of sp³-hybridized carbons (Fsp3) is 0.846. The van der Waals surface area contributed by atoms with Crippen molar-refractivity contribution in [3.63, 3.8) is 0 Å². The Bertz CT molecular complexity index is 431. The first-order chi connectivity index (χ1) is 14.6. The number of rotatable bonds is 22. The van der Waals surface area contributed by atoms with E-state index in [1.54, 1.807) is 0 Å². The largest absolute Gasteiger partial charge is 0.481 e. The van der Waals surface area contributed by atoms with Crippen LogP contribution in [0.5, 0.6) is 0 Å². The SMILES string of the molecule is CCCCCCCCCCCCCC/C=C/CCCC(CC(=O)O)C(=O)OCCC. The van der Waals surface area contributed by atoms with Crippen molar-refractivity contribution in [2.45, 2.75) is 129 Å². The molecule has 0 radical (unpaired) electrons. The van der Waals surface area contributed by atoms with Crippen LogP contribution in [0.2, 0.25) is 0 Å². The van der Waals surface area contributed by atoms with Gasteiger partial charge in [0.05, 0.1) is 18.9 Å². The van der Waals surface area contributed by atoms with E-state index in [9.17, 15) is 9.59 Å². The third kappa shape index (κ3) is 20.0. The average molecular weight is 425 g/mol. The summed E-state index contributed by atoms with van der Waals surface area (Å²) in [4.78, 5) is 22.9. The molecule has 0 amide bonds. The first-order valence-electron chi connectivity index (χ1n) is 12.6. The standard InChI is InChI=1S/C26H48O4/c1-3-5-6-7-8-9-10-11-12-13-14-15-16-17-18-19-20-21-24(23-25(27)28)26(29)30-22-4-2/h17-18,24H,3-16,19-23H2,1-2H3,(H,27,28)/b18-17+. The Hall–Kier alpha value is -1.32. The molecule has 0 aliphatic rings. The van der Waals surface area contributed by atoms with Crippen molar-refractivity contribution in [2.24, 2.45) is 5.92 Å². The number of carboxylic acid groups (broad SMARTS) is 1. The Labute approximate surface area is 185 Å². The van der Waals surface area contributed by atoms with E-state index in [2.05, 4.69) is 19.1 Å². The Morgan fingerprint density at radius 1 is 0.733 bits per heavy atom. The average Bonchev–Trinajstić information content (AvgIpc) is 2.73. The van der Waals surface area contributed by atoms with Gasteiger partial charge in [0.2, 0.25) is 0 Å². The quantitative estimate of drug-likeness (QED) is 0.109. The van der Waals surface area contributed by atoms with Gasteiger partial charge in [0.15, 0.2) is 0 Å². The number of carboxylic acids is 1. The molecule has 0 rings (SSSR count). The van der Waals surface area contributed by atoms with Crippen molar-refractivity contribution in [3.05, 3.63) is 12.2 Å². The van der Waals surface area contributed by atoms with Gasteiger partial charge in [0, 0.05) is 0 Å². The van der Waals surface area contributed by atoms with Gasteiger partial charge in [-0.25, -0.2) is 0 Å². The van der Waals surface area contributed by atoms with Gasteiger partial charge in [-0.3, -0.25) is 9.59 Å². The van der Waals surface area contributed by atoms with Gasteiger partial charge in [-0.2, -0.15) is 0 Å². The molecule has 4 nitrogen and oxygen atoms in total. The zero-order valence-corrected chi connectivity index (χ0v) is 19.8. The minimum atomic E-state index is -0.934. The Balaban J connectivity index is 3.56. The highest BCUT2D eigenvalue weighted by atomic mass is 16.5. The second kappa shape index (κ2) is 22.4. The third-order valence-electron chi connectivity index (χ3n) is 5.52. The maximum atomic E-state index is 11.9. The minimum Gasteiger partial charge on any atom is -0.481 e. The van der Waals surface area contributed by atoms with Gasteiger partial charge in [-0.15, -0.1) is 0 Å². The first kappa shape index (κ1) is 28.7. The van der Waals surface area contributed by atoms with Crippen LogP contribution in [0.15, 0.2) is 12.2 Å². The molecule has 0 spiro atoms. The van der Waals surface area contributed by atoms with E-state index in [0.717, 1.165) is 25.7 Å². The summed E-state index contributed by atoms with van der Waals surface area (Å²) in [6.07, 6.45) is 24.9. The predicted molar refractivity (Wildman–Crippen MR) is 126 cm³/mol. The molecular formula is C26H48O4. The highest BCUT2D eigenvalue weighted by Crippen LogP contribution is 2.16. The summed E-state index contributed by atoms with van der Waals surface area (Å²) in [5, 5.41) is 8.98. The molecule has 0 fully saturated rings. The van der Waals surface area contributed by atoms with Crippen LogP contribution in [-0.4, -0.2) is 23.7 Å². The molecule has 0 aromatic rings. The number of unbranched alkanes of at least 4 members (excludes halogenated alkanes) is 13. The van der Waals surface area contributed by atoms with E-state index in [1.165, 1.54) is 77.0 Å². The summed E-state index contributed by atoms with van der Waals surface area (Å²) in [5.41, 5.74) is 0. The van der Waals surface area contributed by atoms with Crippen molar-refractivity contribution >= 4 is 11.9 Å². The van der Waals surface area contributed by atoms with Gasteiger partial charge in [-0.05, 0) is 38.5 Å². The molecule has 0 aromatic carbocycles. The Morgan fingerprint density at radius 2 is 1.23 bits per heavy atom. The molecule has 176 valence electrons. The van der Waals surface area contributed by atoms with Crippen molar-refractivity contribution in [3.8, 4) is 0 Å². The van der Waals surface area contributed by atoms with E-state index in [4.69, 9.17) is 9.84 Å². The van der Waals surface area contributed by atoms with Gasteiger partial charge < -0.3 is 9.84 Å². The highest BCUT2D eigenvalue weighted by Gasteiger charge is 2.22. The molecule has 0 saturated carbocycles. The van der Waals surface area contributed by atoms with Crippen LogP contribution in [0.1, 0.15) is 129 Å². The van der Waals surface area contributed by atoms with Gasteiger partial charge in [0.1, 0.15) is 0 Å². The van der Waals surface area contributed by atoms with Crippen molar-refractivity contribution in [2.75, 3.05) is 6.61 Å². The zero-order chi connectivity index (χ0) is 22.3. The monoisotopic (exact) mass is 424 g/mol. The molecule has 0 heterocycles. The summed E-state index contributed by atoms with van der Waals surface area (Å²) >= 11 is 0. The number of hydrogen-bond donors (Lipinski definition) is 1. The number of ether oxygens (including phenoxy) is 1. The van der Waals surface area contributed by atoms with Gasteiger partial charge >= 0.3 is 11.9 Å². The molecule has 0 saturated heterocycles. The van der Waals surface area contributed by atoms with Crippen LogP contribution >= 0.6 is 0 Å². The maximum absolute atomic E-state index is 11.9. The molecule has 0 aromatic heterocycles. The molecular weight excluding hydrogens is 376 g/mol. The van der Waals surface area contributed by atoms with Crippen LogP contribution < -0.4 is 0 Å². The summed E-state index contributed by atoms with van der Waals surface area (Å²) in [7, 11) is 0. The first-order valence-corrected chi connectivity index (χ1v) is 12.6. The lowest BCUT2D eigenvalue weighted by Gasteiger charge is -2.13. The number of carbonyl (C=O) groups excluding carboxylic acids is 1. The number of hydrogen-bond acceptors (Lipinski definition) is 3. The Morgan fingerprint density at radius 3 is 1.73 bits per heavy atom. The maximum Gasteiger partial charge on any atom is 0.309 e. The zero-order valence-electron chi connectivity index (χ0n) is 19.8. The summed E-state index contributed by atoms with van der Waals surface area (Å²) in [6.45, 7) is 4.57. The molecule has 4 heteroatoms. The van der Waals surface area contributed by atoms with Crippen LogP contribution in [0.3, 0.4) is 0 Å². The van der Waals surface area contributed by atoms with E-state index in [1.807, 2.05) is 6.92 Å². The predicted octanol–water partition coefficient (Wildman–Crippen LogP) is 7.85. The van der Waals surface area contributed by atoms with Crippen LogP contribution in [-0.2, 0) is 14.3 Å². The van der Waals surface area contributed by atoms with Crippen molar-refractivity contribution < 1.29 is 19.4 Å². The number of allylic oxidation sites excluding steroid dienone is 2. The fourth-order valence-electron chi connectivity index (χ4n) is 3.66. The Kier molecular flexibility index (Phi) is 21.4. The van der Waals surface area contributed by atoms with Gasteiger partial charge in [-0.1, -0.05) is 96.6 Å². The molecule has 0 aliphatic heterocycles. The van der Waals surface area contributed by atoms with Crippen molar-refractivity contribution in [1.82, 2.24) is 0 Å². The second-order valence-corrected chi connectivity index (χ2v) is 8.54. The van der Waals surface area contributed by atoms with Gasteiger partial charge in [0.25, 0.3) is 0 Å². The number of esters is 1. The lowest BCUT2D eigenvalue weighted by Crippen LogP contribution is -2.21. The van der Waals surface area contributed by atoms with Crippen LogP contribution in [0, 0.1) is 5.92 Å². The number of carbonyl (C=O) groups is 2. The fourth-order valence-corrected chi connectivity index (χ4v) is 3.66. The van der Waals surface area contributed by atoms with E-state index in [0.29, 0.717) is 13.0 Å². The number of aliphatic carboxylic acids is 1. The van der Waals surface area contributed by atoms with Crippen LogP contribution in [0.4, 0.5) is 0 Å². The molecule has 0 aliphatic carbocycles. The van der Waals surface area contributed by atoms with Crippen LogP contribution in [0.25, 0.3) is 0 Å². The molecule has 0 bridgehead atoms. The highest BCUT2D eigenvalue weighted by molar-refractivity contribution is 5.79. The lowest BCUT2D eigenvalue weighted by molar-refractivity contribution is -0.153. The molecule has 1 atom stereocenters. The van der Waals surface area contributed by atoms with E-state index in [-0.39, 0.29) is 12.4 Å². The van der Waals surface area contributed by atoms with E-state index < -0.39 is 11.9 Å². The summed E-state index contributed by atoms with van der Waals surface area (Å²) < 4.78 is 5.12.